The molecule has 0 amide bonds. The molecule has 0 aliphatic heterocycles. The number of furan rings is 1. The quantitative estimate of drug-likeness (QED) is 0.160. The van der Waals surface area contributed by atoms with Gasteiger partial charge in [-0.3, -0.25) is 0 Å². The van der Waals surface area contributed by atoms with Gasteiger partial charge in [-0.2, -0.15) is 0 Å². The van der Waals surface area contributed by atoms with E-state index < -0.39 is 0 Å². The van der Waals surface area contributed by atoms with E-state index in [0.717, 1.165) is 77.6 Å². The summed E-state index contributed by atoms with van der Waals surface area (Å²) in [4.78, 5) is 15.8. The SMILES string of the molecule is c1ccc(-c2ccc(-c3ccc(-c4nc(-c5ccccc5)nc(-c5ccc(-n6c7ccccc7c7cc8ccccc8cc76)cc5-c5cccc6oc7ccccc7c56)n4)cc3)cc2)cc1. The van der Waals surface area contributed by atoms with Crippen LogP contribution in [0.15, 0.2) is 235 Å². The molecule has 5 heteroatoms. The lowest BCUT2D eigenvalue weighted by Gasteiger charge is -2.16. The molecule has 10 aromatic carbocycles. The van der Waals surface area contributed by atoms with Crippen LogP contribution in [0.25, 0.3) is 128 Å². The lowest BCUT2D eigenvalue weighted by atomic mass is 9.94. The lowest BCUT2D eigenvalue weighted by Crippen LogP contribution is -2.02. The van der Waals surface area contributed by atoms with Gasteiger partial charge in [-0.05, 0) is 92.7 Å². The zero-order chi connectivity index (χ0) is 43.6. The number of aromatic nitrogens is 4. The van der Waals surface area contributed by atoms with Gasteiger partial charge >= 0.3 is 0 Å². The number of para-hydroxylation sites is 2. The predicted octanol–water partition coefficient (Wildman–Crippen LogP) is 16.0. The Morgan fingerprint density at radius 3 is 1.55 bits per heavy atom. The van der Waals surface area contributed by atoms with Crippen molar-refractivity contribution in [2.24, 2.45) is 0 Å². The Balaban J connectivity index is 1.01. The zero-order valence-electron chi connectivity index (χ0n) is 35.6. The van der Waals surface area contributed by atoms with E-state index in [1.54, 1.807) is 0 Å². The van der Waals surface area contributed by atoms with Crippen molar-refractivity contribution in [2.75, 3.05) is 0 Å². The first-order valence-corrected chi connectivity index (χ1v) is 22.3. The summed E-state index contributed by atoms with van der Waals surface area (Å²) in [5, 5.41) is 6.93. The molecule has 5 nitrogen and oxygen atoms in total. The summed E-state index contributed by atoms with van der Waals surface area (Å²) in [5.41, 5.74) is 14.4. The largest absolute Gasteiger partial charge is 0.456 e. The highest BCUT2D eigenvalue weighted by Gasteiger charge is 2.22. The molecule has 0 saturated heterocycles. The van der Waals surface area contributed by atoms with E-state index in [4.69, 9.17) is 19.4 Å². The second-order valence-corrected chi connectivity index (χ2v) is 16.8. The first-order valence-electron chi connectivity index (χ1n) is 22.3. The molecular formula is C61H38N4O. The molecular weight excluding hydrogens is 805 g/mol. The summed E-state index contributed by atoms with van der Waals surface area (Å²) in [7, 11) is 0. The van der Waals surface area contributed by atoms with Crippen molar-refractivity contribution in [2.45, 2.75) is 0 Å². The maximum atomic E-state index is 6.49. The number of hydrogen-bond donors (Lipinski definition) is 0. The average Bonchev–Trinajstić information content (AvgIpc) is 3.94. The van der Waals surface area contributed by atoms with E-state index in [1.165, 1.54) is 32.7 Å². The third-order valence-corrected chi connectivity index (χ3v) is 12.9. The summed E-state index contributed by atoms with van der Waals surface area (Å²) < 4.78 is 8.89. The Bertz CT molecular complexity index is 3960. The van der Waals surface area contributed by atoms with Crippen LogP contribution in [0.3, 0.4) is 0 Å². The Hall–Kier alpha value is -8.93. The third kappa shape index (κ3) is 6.36. The fourth-order valence-electron chi connectivity index (χ4n) is 9.66. The Kier molecular flexibility index (Phi) is 8.78. The highest BCUT2D eigenvalue weighted by Crippen LogP contribution is 2.43. The van der Waals surface area contributed by atoms with Crippen molar-refractivity contribution in [3.8, 4) is 73.2 Å². The molecule has 3 heterocycles. The maximum Gasteiger partial charge on any atom is 0.164 e. The van der Waals surface area contributed by atoms with E-state index in [2.05, 4.69) is 199 Å². The molecule has 0 aliphatic rings. The van der Waals surface area contributed by atoms with E-state index in [9.17, 15) is 0 Å². The van der Waals surface area contributed by atoms with Crippen molar-refractivity contribution in [1.82, 2.24) is 19.5 Å². The highest BCUT2D eigenvalue weighted by molar-refractivity contribution is 6.15. The molecule has 0 spiro atoms. The van der Waals surface area contributed by atoms with Gasteiger partial charge in [0.05, 0.1) is 11.0 Å². The molecule has 0 radical (unpaired) electrons. The van der Waals surface area contributed by atoms with Crippen molar-refractivity contribution < 1.29 is 4.42 Å². The van der Waals surface area contributed by atoms with Crippen LogP contribution in [-0.4, -0.2) is 19.5 Å². The van der Waals surface area contributed by atoms with Gasteiger partial charge in [-0.25, -0.2) is 15.0 Å². The molecule has 66 heavy (non-hydrogen) atoms. The smallest absolute Gasteiger partial charge is 0.164 e. The molecule has 308 valence electrons. The molecule has 0 aliphatic carbocycles. The molecule has 0 bridgehead atoms. The summed E-state index contributed by atoms with van der Waals surface area (Å²) in [6.07, 6.45) is 0. The summed E-state index contributed by atoms with van der Waals surface area (Å²) in [6.45, 7) is 0. The van der Waals surface area contributed by atoms with Crippen LogP contribution < -0.4 is 0 Å². The minimum atomic E-state index is 0.582. The zero-order valence-corrected chi connectivity index (χ0v) is 35.6. The van der Waals surface area contributed by atoms with E-state index in [0.29, 0.717) is 17.5 Å². The van der Waals surface area contributed by atoms with Gasteiger partial charge in [0.1, 0.15) is 11.2 Å². The first kappa shape index (κ1) is 37.6. The van der Waals surface area contributed by atoms with Gasteiger partial charge < -0.3 is 8.98 Å². The number of benzene rings is 10. The van der Waals surface area contributed by atoms with Crippen LogP contribution in [-0.2, 0) is 0 Å². The Morgan fingerprint density at radius 2 is 0.833 bits per heavy atom. The predicted molar refractivity (Wildman–Crippen MR) is 272 cm³/mol. The topological polar surface area (TPSA) is 56.7 Å². The fraction of sp³-hybridized carbons (Fsp3) is 0. The van der Waals surface area contributed by atoms with Gasteiger partial charge in [0, 0.05) is 43.9 Å². The maximum absolute atomic E-state index is 6.49. The standard InChI is InChI=1S/C61H38N4O/c1-3-14-39(15-4-1)40-26-28-41(29-27-40)42-30-32-44(33-31-42)60-62-59(43-16-5-2-6-17-43)63-61(64-60)50-35-34-47(38-52(50)49-22-13-25-57-58(49)51-21-10-12-24-56(51)66-57)65-54-23-11-9-20-48(54)53-36-45-18-7-8-19-46(45)37-55(53)65/h1-38H. The van der Waals surface area contributed by atoms with Crippen LogP contribution in [0.4, 0.5) is 0 Å². The highest BCUT2D eigenvalue weighted by atomic mass is 16.3. The van der Waals surface area contributed by atoms with E-state index in [1.807, 2.05) is 36.4 Å². The molecule has 0 fully saturated rings. The van der Waals surface area contributed by atoms with Crippen LogP contribution in [0.2, 0.25) is 0 Å². The van der Waals surface area contributed by atoms with Gasteiger partial charge in [0.2, 0.25) is 0 Å². The minimum Gasteiger partial charge on any atom is -0.456 e. The molecule has 0 N–H and O–H groups in total. The van der Waals surface area contributed by atoms with E-state index >= 15 is 0 Å². The summed E-state index contributed by atoms with van der Waals surface area (Å²) in [5.74, 6) is 1.78. The number of hydrogen-bond acceptors (Lipinski definition) is 4. The lowest BCUT2D eigenvalue weighted by molar-refractivity contribution is 0.669. The Morgan fingerprint density at radius 1 is 0.303 bits per heavy atom. The van der Waals surface area contributed by atoms with Crippen molar-refractivity contribution >= 4 is 54.5 Å². The average molecular weight is 843 g/mol. The molecule has 3 aromatic heterocycles. The van der Waals surface area contributed by atoms with Gasteiger partial charge in [0.25, 0.3) is 0 Å². The van der Waals surface area contributed by atoms with Crippen LogP contribution >= 0.6 is 0 Å². The van der Waals surface area contributed by atoms with Crippen LogP contribution in [0, 0.1) is 0 Å². The van der Waals surface area contributed by atoms with Gasteiger partial charge in [-0.15, -0.1) is 0 Å². The van der Waals surface area contributed by atoms with Crippen LogP contribution in [0.5, 0.6) is 0 Å². The number of rotatable bonds is 7. The third-order valence-electron chi connectivity index (χ3n) is 12.9. The number of fused-ring (bicyclic) bond motifs is 7. The fourth-order valence-corrected chi connectivity index (χ4v) is 9.66. The summed E-state index contributed by atoms with van der Waals surface area (Å²) in [6, 6.07) is 81.1. The molecule has 0 saturated carbocycles. The van der Waals surface area contributed by atoms with E-state index in [-0.39, 0.29) is 0 Å². The van der Waals surface area contributed by atoms with Gasteiger partial charge in [0.15, 0.2) is 17.5 Å². The molecule has 13 rings (SSSR count). The first-order chi connectivity index (χ1) is 32.7. The number of nitrogens with zero attached hydrogens (tertiary/aromatic N) is 4. The minimum absolute atomic E-state index is 0.582. The summed E-state index contributed by atoms with van der Waals surface area (Å²) >= 11 is 0. The van der Waals surface area contributed by atoms with Crippen molar-refractivity contribution in [3.63, 3.8) is 0 Å². The van der Waals surface area contributed by atoms with Crippen molar-refractivity contribution in [3.05, 3.63) is 231 Å². The Labute approximate surface area is 380 Å². The monoisotopic (exact) mass is 842 g/mol. The van der Waals surface area contributed by atoms with Crippen LogP contribution in [0.1, 0.15) is 0 Å². The molecule has 0 atom stereocenters. The molecule has 0 unspecified atom stereocenters. The normalized spacial score (nSPS) is 11.6. The second kappa shape index (κ2) is 15.4. The van der Waals surface area contributed by atoms with Crippen molar-refractivity contribution in [1.29, 1.82) is 0 Å². The van der Waals surface area contributed by atoms with Gasteiger partial charge in [-0.1, -0.05) is 182 Å². The molecule has 13 aromatic rings. The second-order valence-electron chi connectivity index (χ2n) is 16.8.